The Balaban J connectivity index is 2.10. The quantitative estimate of drug-likeness (QED) is 0.490. The van der Waals surface area contributed by atoms with Crippen molar-refractivity contribution >= 4 is 23.4 Å². The molecule has 8 nitrogen and oxygen atoms in total. The zero-order chi connectivity index (χ0) is 17.0. The fourth-order valence-electron chi connectivity index (χ4n) is 1.73. The van der Waals surface area contributed by atoms with Crippen molar-refractivity contribution in [1.29, 1.82) is 0 Å². The van der Waals surface area contributed by atoms with Crippen molar-refractivity contribution in [2.45, 2.75) is 37.3 Å². The number of amides is 1. The van der Waals surface area contributed by atoms with Gasteiger partial charge in [-0.05, 0) is 26.8 Å². The summed E-state index contributed by atoms with van der Waals surface area (Å²) in [6.45, 7) is 5.49. The number of hydrogen-bond acceptors (Lipinski definition) is 7. The van der Waals surface area contributed by atoms with Gasteiger partial charge in [0.1, 0.15) is 0 Å². The van der Waals surface area contributed by atoms with E-state index in [0.29, 0.717) is 5.56 Å². The highest BCUT2D eigenvalue weighted by atomic mass is 32.2. The Hall–Kier alpha value is -2.42. The van der Waals surface area contributed by atoms with Crippen molar-refractivity contribution in [2.24, 2.45) is 0 Å². The number of thioether (sulfide) groups is 1. The Bertz CT molecular complexity index is 716. The molecule has 0 saturated carbocycles. The maximum absolute atomic E-state index is 11.9. The predicted octanol–water partition coefficient (Wildman–Crippen LogP) is 2.65. The summed E-state index contributed by atoms with van der Waals surface area (Å²) in [7, 11) is 0. The first-order chi connectivity index (χ1) is 10.9. The van der Waals surface area contributed by atoms with Crippen LogP contribution in [0.3, 0.4) is 0 Å². The van der Waals surface area contributed by atoms with Gasteiger partial charge in [-0.1, -0.05) is 17.8 Å². The molecule has 2 rings (SSSR count). The van der Waals surface area contributed by atoms with Crippen LogP contribution in [0.4, 0.5) is 5.69 Å². The van der Waals surface area contributed by atoms with Crippen LogP contribution in [0.2, 0.25) is 0 Å². The molecule has 1 aromatic heterocycles. The second-order valence-electron chi connectivity index (χ2n) is 5.10. The fraction of sp³-hybridized carbons (Fsp3) is 0.357. The number of nitrogens with one attached hydrogen (secondary N) is 1. The van der Waals surface area contributed by atoms with Gasteiger partial charge in [-0.3, -0.25) is 14.9 Å². The lowest BCUT2D eigenvalue weighted by Gasteiger charge is -2.12. The molecule has 1 heterocycles. The summed E-state index contributed by atoms with van der Waals surface area (Å²) in [6, 6.07) is 5.98. The van der Waals surface area contributed by atoms with Gasteiger partial charge in [-0.15, -0.1) is 10.2 Å². The van der Waals surface area contributed by atoms with E-state index >= 15 is 0 Å². The summed E-state index contributed by atoms with van der Waals surface area (Å²) in [4.78, 5) is 22.2. The smallest absolute Gasteiger partial charge is 0.277 e. The highest BCUT2D eigenvalue weighted by molar-refractivity contribution is 8.00. The van der Waals surface area contributed by atoms with E-state index in [2.05, 4.69) is 15.5 Å². The number of benzene rings is 1. The van der Waals surface area contributed by atoms with E-state index < -0.39 is 10.2 Å². The second-order valence-corrected chi connectivity index (χ2v) is 6.40. The lowest BCUT2D eigenvalue weighted by Crippen LogP contribution is -2.35. The zero-order valence-corrected chi connectivity index (χ0v) is 13.7. The molecule has 1 N–H and O–H groups in total. The van der Waals surface area contributed by atoms with Gasteiger partial charge in [-0.2, -0.15) is 0 Å². The van der Waals surface area contributed by atoms with E-state index in [0.717, 1.165) is 11.8 Å². The first kappa shape index (κ1) is 16.9. The van der Waals surface area contributed by atoms with Gasteiger partial charge in [0, 0.05) is 23.7 Å². The van der Waals surface area contributed by atoms with E-state index in [9.17, 15) is 14.9 Å². The molecule has 1 aromatic carbocycles. The van der Waals surface area contributed by atoms with E-state index in [1.807, 2.05) is 13.8 Å². The third-order valence-electron chi connectivity index (χ3n) is 2.79. The van der Waals surface area contributed by atoms with Crippen LogP contribution in [0, 0.1) is 10.1 Å². The van der Waals surface area contributed by atoms with Gasteiger partial charge in [0.2, 0.25) is 11.8 Å². The van der Waals surface area contributed by atoms with Crippen molar-refractivity contribution in [3.05, 3.63) is 34.4 Å². The number of nitro groups is 1. The van der Waals surface area contributed by atoms with Gasteiger partial charge in [0.05, 0.1) is 10.2 Å². The zero-order valence-electron chi connectivity index (χ0n) is 12.8. The van der Waals surface area contributed by atoms with Gasteiger partial charge in [-0.25, -0.2) is 0 Å². The minimum Gasteiger partial charge on any atom is -0.411 e. The van der Waals surface area contributed by atoms with Crippen LogP contribution in [0.1, 0.15) is 20.8 Å². The first-order valence-electron chi connectivity index (χ1n) is 6.92. The summed E-state index contributed by atoms with van der Waals surface area (Å²) in [6.07, 6.45) is 0. The van der Waals surface area contributed by atoms with Crippen LogP contribution in [-0.4, -0.2) is 32.3 Å². The number of aromatic nitrogens is 2. The highest BCUT2D eigenvalue weighted by Gasteiger charge is 2.19. The van der Waals surface area contributed by atoms with Crippen LogP contribution in [0.25, 0.3) is 11.5 Å². The molecule has 1 atom stereocenters. The van der Waals surface area contributed by atoms with Crippen molar-refractivity contribution in [3.63, 3.8) is 0 Å². The van der Waals surface area contributed by atoms with Gasteiger partial charge >= 0.3 is 0 Å². The van der Waals surface area contributed by atoms with Crippen LogP contribution in [0.5, 0.6) is 0 Å². The number of hydrogen-bond donors (Lipinski definition) is 1. The summed E-state index contributed by atoms with van der Waals surface area (Å²) in [5.74, 6) is 0.0489. The Morgan fingerprint density at radius 3 is 2.74 bits per heavy atom. The largest absolute Gasteiger partial charge is 0.411 e. The molecule has 0 saturated heterocycles. The van der Waals surface area contributed by atoms with Crippen LogP contribution in [-0.2, 0) is 4.79 Å². The fourth-order valence-corrected chi connectivity index (χ4v) is 2.43. The number of nitrogens with zero attached hydrogens (tertiary/aromatic N) is 3. The lowest BCUT2D eigenvalue weighted by molar-refractivity contribution is -0.384. The number of rotatable bonds is 6. The molecule has 0 fully saturated rings. The van der Waals surface area contributed by atoms with Crippen LogP contribution < -0.4 is 5.32 Å². The molecule has 9 heteroatoms. The maximum Gasteiger partial charge on any atom is 0.277 e. The Morgan fingerprint density at radius 2 is 2.09 bits per heavy atom. The Morgan fingerprint density at radius 1 is 1.35 bits per heavy atom. The summed E-state index contributed by atoms with van der Waals surface area (Å²) >= 11 is 1.13. The molecule has 0 aliphatic rings. The molecule has 0 spiro atoms. The van der Waals surface area contributed by atoms with Crippen molar-refractivity contribution in [1.82, 2.24) is 15.5 Å². The molecular formula is C14H16N4O4S. The molecule has 0 bridgehead atoms. The summed E-state index contributed by atoms with van der Waals surface area (Å²) < 4.78 is 5.47. The predicted molar refractivity (Wildman–Crippen MR) is 85.0 cm³/mol. The standard InChI is InChI=1S/C14H16N4O4S/c1-8(2)15-12(19)9(3)23-14-17-16-13(22-14)10-5-4-6-11(7-10)18(20)21/h4-9H,1-3H3,(H,15,19)/t9-/m0/s1. The number of carbonyl (C=O) groups excluding carboxylic acids is 1. The molecule has 0 unspecified atom stereocenters. The minimum atomic E-state index is -0.492. The molecule has 0 radical (unpaired) electrons. The van der Waals surface area contributed by atoms with Gasteiger partial charge in [0.15, 0.2) is 0 Å². The van der Waals surface area contributed by atoms with Crippen molar-refractivity contribution < 1.29 is 14.1 Å². The average molecular weight is 336 g/mol. The van der Waals surface area contributed by atoms with Gasteiger partial charge < -0.3 is 9.73 Å². The SMILES string of the molecule is CC(C)NC(=O)[C@H](C)Sc1nnc(-c2cccc([N+](=O)[O-])c2)o1. The highest BCUT2D eigenvalue weighted by Crippen LogP contribution is 2.27. The Kier molecular flexibility index (Phi) is 5.32. The van der Waals surface area contributed by atoms with Crippen molar-refractivity contribution in [2.75, 3.05) is 0 Å². The molecular weight excluding hydrogens is 320 g/mol. The lowest BCUT2D eigenvalue weighted by atomic mass is 10.2. The third kappa shape index (κ3) is 4.52. The molecule has 23 heavy (non-hydrogen) atoms. The molecule has 0 aliphatic heterocycles. The van der Waals surface area contributed by atoms with Crippen LogP contribution >= 0.6 is 11.8 Å². The summed E-state index contributed by atoms with van der Waals surface area (Å²) in [5.41, 5.74) is 0.400. The number of nitro benzene ring substituents is 1. The van der Waals surface area contributed by atoms with Crippen molar-refractivity contribution in [3.8, 4) is 11.5 Å². The molecule has 2 aromatic rings. The monoisotopic (exact) mass is 336 g/mol. The topological polar surface area (TPSA) is 111 Å². The number of carbonyl (C=O) groups is 1. The normalized spacial score (nSPS) is 12.2. The Labute approximate surface area is 136 Å². The second kappa shape index (κ2) is 7.23. The molecule has 122 valence electrons. The summed E-state index contributed by atoms with van der Waals surface area (Å²) in [5, 5.41) is 21.2. The third-order valence-corrected chi connectivity index (χ3v) is 3.72. The molecule has 1 amide bonds. The van der Waals surface area contributed by atoms with E-state index in [-0.39, 0.29) is 28.7 Å². The first-order valence-corrected chi connectivity index (χ1v) is 7.80. The average Bonchev–Trinajstić information content (AvgIpc) is 2.95. The minimum absolute atomic E-state index is 0.0497. The van der Waals surface area contributed by atoms with E-state index in [4.69, 9.17) is 4.42 Å². The number of non-ortho nitro benzene ring substituents is 1. The van der Waals surface area contributed by atoms with Crippen LogP contribution in [0.15, 0.2) is 33.9 Å². The van der Waals surface area contributed by atoms with E-state index in [1.165, 1.54) is 12.1 Å². The maximum atomic E-state index is 11.9. The van der Waals surface area contributed by atoms with Gasteiger partial charge in [0.25, 0.3) is 10.9 Å². The van der Waals surface area contributed by atoms with E-state index in [1.54, 1.807) is 19.1 Å². The molecule has 0 aliphatic carbocycles.